The lowest BCUT2D eigenvalue weighted by molar-refractivity contribution is -0.152. The third kappa shape index (κ3) is 3.47. The van der Waals surface area contributed by atoms with E-state index >= 15 is 0 Å². The third-order valence-electron chi connectivity index (χ3n) is 4.54. The number of carbonyl (C=O) groups excluding carboxylic acids is 1. The van der Waals surface area contributed by atoms with Gasteiger partial charge in [-0.05, 0) is 50.4 Å². The zero-order chi connectivity index (χ0) is 13.9. The minimum absolute atomic E-state index is 0.0708. The van der Waals surface area contributed by atoms with Crippen LogP contribution in [-0.2, 0) is 9.53 Å². The molecular weight excluding hydrogens is 238 g/mol. The van der Waals surface area contributed by atoms with Gasteiger partial charge in [0.15, 0.2) is 0 Å². The molecule has 0 aromatic rings. The Morgan fingerprint density at radius 3 is 2.53 bits per heavy atom. The van der Waals surface area contributed by atoms with Crippen LogP contribution in [-0.4, -0.2) is 18.1 Å². The van der Waals surface area contributed by atoms with Crippen LogP contribution in [0.3, 0.4) is 0 Å². The quantitative estimate of drug-likeness (QED) is 0.796. The molecule has 2 N–H and O–H groups in total. The smallest absolute Gasteiger partial charge is 0.322 e. The maximum absolute atomic E-state index is 11.5. The summed E-state index contributed by atoms with van der Waals surface area (Å²) in [5.41, 5.74) is 5.81. The highest BCUT2D eigenvalue weighted by Gasteiger charge is 2.35. The first kappa shape index (κ1) is 14.3. The van der Waals surface area contributed by atoms with Gasteiger partial charge in [0, 0.05) is 0 Å². The summed E-state index contributed by atoms with van der Waals surface area (Å²) in [5.74, 6) is 0.425. The van der Waals surface area contributed by atoms with Crippen LogP contribution in [0, 0.1) is 11.3 Å². The third-order valence-corrected chi connectivity index (χ3v) is 4.54. The summed E-state index contributed by atoms with van der Waals surface area (Å²) in [6, 6.07) is -0.512. The molecule has 0 radical (unpaired) electrons. The highest BCUT2D eigenvalue weighted by molar-refractivity contribution is 5.75. The van der Waals surface area contributed by atoms with Gasteiger partial charge in [-0.15, -0.1) is 0 Å². The molecule has 2 aliphatic carbocycles. The number of hydrogen-bond donors (Lipinski definition) is 1. The fourth-order valence-electron chi connectivity index (χ4n) is 3.16. The average Bonchev–Trinajstić information content (AvgIpc) is 2.40. The van der Waals surface area contributed by atoms with Crippen molar-refractivity contribution >= 4 is 5.97 Å². The molecule has 0 aromatic carbocycles. The molecule has 2 aliphatic rings. The van der Waals surface area contributed by atoms with E-state index in [9.17, 15) is 4.79 Å². The van der Waals surface area contributed by atoms with E-state index in [0.717, 1.165) is 32.1 Å². The van der Waals surface area contributed by atoms with Gasteiger partial charge in [-0.2, -0.15) is 0 Å². The van der Waals surface area contributed by atoms with E-state index in [0.29, 0.717) is 5.92 Å². The predicted molar refractivity (Wildman–Crippen MR) is 76.5 cm³/mol. The van der Waals surface area contributed by atoms with E-state index < -0.39 is 6.04 Å². The molecule has 1 unspecified atom stereocenters. The lowest BCUT2D eigenvalue weighted by atomic mass is 9.66. The molecule has 0 heterocycles. The van der Waals surface area contributed by atoms with Gasteiger partial charge < -0.3 is 10.5 Å². The maximum Gasteiger partial charge on any atom is 0.322 e. The van der Waals surface area contributed by atoms with Crippen LogP contribution in [0.5, 0.6) is 0 Å². The molecule has 3 nitrogen and oxygen atoms in total. The summed E-state index contributed by atoms with van der Waals surface area (Å²) in [7, 11) is 0. The van der Waals surface area contributed by atoms with Crippen LogP contribution < -0.4 is 5.73 Å². The monoisotopic (exact) mass is 263 g/mol. The molecule has 2 rings (SSSR count). The number of esters is 1. The molecular formula is C16H25NO2. The lowest BCUT2D eigenvalue weighted by Crippen LogP contribution is -2.36. The van der Waals surface area contributed by atoms with Gasteiger partial charge in [0.25, 0.3) is 0 Å². The molecule has 1 fully saturated rings. The first-order chi connectivity index (χ1) is 9.01. The second kappa shape index (κ2) is 5.91. The van der Waals surface area contributed by atoms with E-state index in [1.165, 1.54) is 0 Å². The van der Waals surface area contributed by atoms with Crippen molar-refractivity contribution in [2.24, 2.45) is 17.1 Å². The number of rotatable bonds is 3. The number of allylic oxidation sites excluding steroid dienone is 4. The Morgan fingerprint density at radius 2 is 2.00 bits per heavy atom. The normalized spacial score (nSPS) is 35.9. The van der Waals surface area contributed by atoms with Crippen LogP contribution in [0.4, 0.5) is 0 Å². The lowest BCUT2D eigenvalue weighted by Gasteiger charge is -2.40. The summed E-state index contributed by atoms with van der Waals surface area (Å²) >= 11 is 0. The summed E-state index contributed by atoms with van der Waals surface area (Å²) in [6.07, 6.45) is 14.3. The number of nitrogens with two attached hydrogens (primary N) is 1. The Bertz CT molecular complexity index is 378. The van der Waals surface area contributed by atoms with Gasteiger partial charge in [-0.25, -0.2) is 0 Å². The molecule has 2 atom stereocenters. The van der Waals surface area contributed by atoms with Gasteiger partial charge in [-0.1, -0.05) is 31.2 Å². The fraction of sp³-hybridized carbons (Fsp3) is 0.688. The first-order valence-corrected chi connectivity index (χ1v) is 7.32. The van der Waals surface area contributed by atoms with Crippen molar-refractivity contribution in [3.05, 3.63) is 24.3 Å². The van der Waals surface area contributed by atoms with Crippen LogP contribution in [0.15, 0.2) is 24.3 Å². The predicted octanol–water partition coefficient (Wildman–Crippen LogP) is 2.96. The van der Waals surface area contributed by atoms with E-state index in [1.54, 1.807) is 6.92 Å². The first-order valence-electron chi connectivity index (χ1n) is 7.32. The highest BCUT2D eigenvalue weighted by atomic mass is 16.5. The van der Waals surface area contributed by atoms with Gasteiger partial charge in [0.2, 0.25) is 0 Å². The fourth-order valence-corrected chi connectivity index (χ4v) is 3.16. The SMILES string of the molecule is C[C@H](N)C(=O)OC1CCC(C2(C)C=CC=CC2)CC1. The van der Waals surface area contributed by atoms with Gasteiger partial charge in [0.1, 0.15) is 12.1 Å². The van der Waals surface area contributed by atoms with Crippen molar-refractivity contribution < 1.29 is 9.53 Å². The molecule has 0 aliphatic heterocycles. The molecule has 106 valence electrons. The average molecular weight is 263 g/mol. The summed E-state index contributed by atoms with van der Waals surface area (Å²) < 4.78 is 5.43. The molecule has 0 bridgehead atoms. The minimum atomic E-state index is -0.512. The zero-order valence-corrected chi connectivity index (χ0v) is 12.0. The maximum atomic E-state index is 11.5. The van der Waals surface area contributed by atoms with Crippen molar-refractivity contribution in [2.45, 2.75) is 58.1 Å². The Hall–Kier alpha value is -1.09. The van der Waals surface area contributed by atoms with Crippen LogP contribution in [0.25, 0.3) is 0 Å². The Kier molecular flexibility index (Phi) is 4.46. The second-order valence-electron chi connectivity index (χ2n) is 6.20. The van der Waals surface area contributed by atoms with Crippen LogP contribution in [0.2, 0.25) is 0 Å². The van der Waals surface area contributed by atoms with Crippen LogP contribution >= 0.6 is 0 Å². The standard InChI is InChI=1S/C16H25NO2/c1-12(17)15(18)19-14-8-6-13(7-9-14)16(2)10-4-3-5-11-16/h3-5,10,12-14H,6-9,11,17H2,1-2H3/t12-,13?,14?,16?/m0/s1. The molecule has 1 saturated carbocycles. The second-order valence-corrected chi connectivity index (χ2v) is 6.20. The van der Waals surface area contributed by atoms with Gasteiger partial charge in [0.05, 0.1) is 0 Å². The van der Waals surface area contributed by atoms with Crippen molar-refractivity contribution in [2.75, 3.05) is 0 Å². The molecule has 0 spiro atoms. The Labute approximate surface area is 115 Å². The summed E-state index contributed by atoms with van der Waals surface area (Å²) in [4.78, 5) is 11.5. The van der Waals surface area contributed by atoms with Crippen molar-refractivity contribution in [3.8, 4) is 0 Å². The molecule has 3 heteroatoms. The largest absolute Gasteiger partial charge is 0.461 e. The van der Waals surface area contributed by atoms with E-state index in [1.807, 2.05) is 0 Å². The Morgan fingerprint density at radius 1 is 1.32 bits per heavy atom. The molecule has 0 amide bonds. The van der Waals surface area contributed by atoms with Gasteiger partial charge in [-0.3, -0.25) is 4.79 Å². The molecule has 0 saturated heterocycles. The minimum Gasteiger partial charge on any atom is -0.461 e. The van der Waals surface area contributed by atoms with Crippen molar-refractivity contribution in [1.82, 2.24) is 0 Å². The number of ether oxygens (including phenoxy) is 1. The Balaban J connectivity index is 1.84. The van der Waals surface area contributed by atoms with Crippen molar-refractivity contribution in [1.29, 1.82) is 0 Å². The van der Waals surface area contributed by atoms with Crippen LogP contribution in [0.1, 0.15) is 46.0 Å². The number of hydrogen-bond acceptors (Lipinski definition) is 3. The number of carbonyl (C=O) groups is 1. The summed E-state index contributed by atoms with van der Waals surface area (Å²) in [6.45, 7) is 4.01. The van der Waals surface area contributed by atoms with Gasteiger partial charge >= 0.3 is 5.97 Å². The molecule has 19 heavy (non-hydrogen) atoms. The highest BCUT2D eigenvalue weighted by Crippen LogP contribution is 2.44. The zero-order valence-electron chi connectivity index (χ0n) is 12.0. The van der Waals surface area contributed by atoms with Crippen molar-refractivity contribution in [3.63, 3.8) is 0 Å². The van der Waals surface area contributed by atoms with E-state index in [4.69, 9.17) is 10.5 Å². The summed E-state index contributed by atoms with van der Waals surface area (Å²) in [5, 5.41) is 0. The van der Waals surface area contributed by atoms with E-state index in [-0.39, 0.29) is 17.5 Å². The molecule has 0 aromatic heterocycles. The topological polar surface area (TPSA) is 52.3 Å². The van der Waals surface area contributed by atoms with E-state index in [2.05, 4.69) is 31.2 Å².